The molecule has 204 valence electrons. The first-order valence-corrected chi connectivity index (χ1v) is 12.9. The van der Waals surface area contributed by atoms with Crippen molar-refractivity contribution in [2.24, 2.45) is 0 Å². The van der Waals surface area contributed by atoms with Gasteiger partial charge < -0.3 is 15.0 Å². The van der Waals surface area contributed by atoms with Gasteiger partial charge >= 0.3 is 12.3 Å². The molecule has 3 heterocycles. The molecule has 0 spiro atoms. The number of carbonyl (C=O) groups is 2. The summed E-state index contributed by atoms with van der Waals surface area (Å²) in [5, 5.41) is 6.30. The Morgan fingerprint density at radius 1 is 1.21 bits per heavy atom. The molecule has 38 heavy (non-hydrogen) atoms. The average Bonchev–Trinajstić information content (AvgIpc) is 3.34. The summed E-state index contributed by atoms with van der Waals surface area (Å²) >= 11 is 1.40. The van der Waals surface area contributed by atoms with E-state index < -0.39 is 36.3 Å². The van der Waals surface area contributed by atoms with E-state index >= 15 is 0 Å². The third-order valence-corrected chi connectivity index (χ3v) is 7.24. The minimum absolute atomic E-state index is 0.0765. The van der Waals surface area contributed by atoms with Gasteiger partial charge in [0.05, 0.1) is 10.6 Å². The van der Waals surface area contributed by atoms with Crippen LogP contribution in [0.1, 0.15) is 27.7 Å². The van der Waals surface area contributed by atoms with Gasteiger partial charge in [-0.25, -0.2) is 19.7 Å². The number of aromatic nitrogens is 2. The number of fused-ring (bicyclic) bond motifs is 1. The number of benzene rings is 1. The van der Waals surface area contributed by atoms with Gasteiger partial charge in [-0.3, -0.25) is 10.1 Å². The van der Waals surface area contributed by atoms with Crippen LogP contribution in [0.2, 0.25) is 0 Å². The molecule has 1 aromatic carbocycles. The zero-order valence-electron chi connectivity index (χ0n) is 21.4. The molecule has 13 heteroatoms. The first kappa shape index (κ1) is 27.6. The molecule has 0 saturated carbocycles. The second-order valence-electron chi connectivity index (χ2n) is 9.60. The highest BCUT2D eigenvalue weighted by molar-refractivity contribution is 7.22. The Morgan fingerprint density at radius 2 is 1.97 bits per heavy atom. The molecule has 1 fully saturated rings. The number of anilines is 1. The molecule has 0 aliphatic carbocycles. The number of ether oxygens (including phenoxy) is 1. The molecule has 2 aromatic heterocycles. The van der Waals surface area contributed by atoms with Crippen LogP contribution in [0.15, 0.2) is 36.5 Å². The Balaban J connectivity index is 1.53. The van der Waals surface area contributed by atoms with Gasteiger partial charge in [0.1, 0.15) is 17.9 Å². The van der Waals surface area contributed by atoms with Gasteiger partial charge in [-0.05, 0) is 49.6 Å². The second kappa shape index (κ2) is 10.7. The molecule has 0 atom stereocenters. The third-order valence-electron chi connectivity index (χ3n) is 6.10. The van der Waals surface area contributed by atoms with E-state index in [-0.39, 0.29) is 11.4 Å². The summed E-state index contributed by atoms with van der Waals surface area (Å²) in [5.41, 5.74) is -0.926. The maximum atomic E-state index is 14.0. The Labute approximate surface area is 222 Å². The highest BCUT2D eigenvalue weighted by Gasteiger charge is 2.47. The van der Waals surface area contributed by atoms with Crippen molar-refractivity contribution in [2.75, 3.05) is 31.1 Å². The van der Waals surface area contributed by atoms with Crippen LogP contribution >= 0.6 is 11.3 Å². The van der Waals surface area contributed by atoms with Gasteiger partial charge in [0.2, 0.25) is 5.95 Å². The summed E-state index contributed by atoms with van der Waals surface area (Å²) in [6.07, 6.45) is -3.53. The summed E-state index contributed by atoms with van der Waals surface area (Å²) in [6.45, 7) is 7.28. The fraction of sp³-hybridized carbons (Fsp3) is 0.440. The number of nitrogens with one attached hydrogen (secondary N) is 2. The van der Waals surface area contributed by atoms with Crippen molar-refractivity contribution in [3.8, 4) is 16.3 Å². The number of thiophene rings is 1. The number of hydrogen-bond acceptors (Lipinski definition) is 8. The molecule has 0 bridgehead atoms. The number of nitrogens with zero attached hydrogens (tertiary/aromatic N) is 4. The summed E-state index contributed by atoms with van der Waals surface area (Å²) in [6, 6.07) is 8.68. The van der Waals surface area contributed by atoms with Gasteiger partial charge in [-0.15, -0.1) is 24.5 Å². The molecule has 9 nitrogen and oxygen atoms in total. The highest BCUT2D eigenvalue weighted by Crippen LogP contribution is 2.36. The summed E-state index contributed by atoms with van der Waals surface area (Å²) in [7, 11) is 0. The highest BCUT2D eigenvalue weighted by atomic mass is 32.1. The molecule has 1 aliphatic rings. The van der Waals surface area contributed by atoms with Crippen molar-refractivity contribution in [1.82, 2.24) is 25.5 Å². The van der Waals surface area contributed by atoms with E-state index in [1.807, 2.05) is 24.3 Å². The summed E-state index contributed by atoms with van der Waals surface area (Å²) < 4.78 is 48.8. The lowest BCUT2D eigenvalue weighted by Gasteiger charge is -2.31. The molecule has 0 unspecified atom stereocenters. The molecule has 1 aliphatic heterocycles. The Hall–Kier alpha value is -3.45. The van der Waals surface area contributed by atoms with Gasteiger partial charge in [0.15, 0.2) is 0 Å². The predicted octanol–water partition coefficient (Wildman–Crippen LogP) is 4.39. The predicted molar refractivity (Wildman–Crippen MR) is 139 cm³/mol. The Morgan fingerprint density at radius 3 is 2.63 bits per heavy atom. The molecule has 3 aromatic rings. The number of amides is 3. The Bertz CT molecular complexity index is 1330. The summed E-state index contributed by atoms with van der Waals surface area (Å²) in [4.78, 5) is 34.0. The van der Waals surface area contributed by atoms with Crippen LogP contribution in [0.3, 0.4) is 0 Å². The first-order chi connectivity index (χ1) is 17.9. The average molecular weight is 551 g/mol. The fourth-order valence-corrected chi connectivity index (χ4v) is 5.00. The van der Waals surface area contributed by atoms with E-state index in [1.165, 1.54) is 31.4 Å². The smallest absolute Gasteiger partial charge is 0.487 e. The van der Waals surface area contributed by atoms with Gasteiger partial charge in [0, 0.05) is 36.6 Å². The Kier molecular flexibility index (Phi) is 7.79. The number of urea groups is 1. The SMILES string of the molecule is CC(C)NCCOc1ccc2sc(-c3ccnc(N(CCN4C(=O)NC(=O)C4(C)C)C(F)(F)F)n3)cc2c1. The molecular weight excluding hydrogens is 521 g/mol. The van der Waals surface area contributed by atoms with E-state index in [9.17, 15) is 22.8 Å². The lowest BCUT2D eigenvalue weighted by molar-refractivity contribution is -0.131. The molecule has 3 amide bonds. The quantitative estimate of drug-likeness (QED) is 0.219. The van der Waals surface area contributed by atoms with Crippen LogP contribution in [-0.4, -0.2) is 70.9 Å². The van der Waals surface area contributed by atoms with E-state index in [0.717, 1.165) is 15.0 Å². The topological polar surface area (TPSA) is 99.7 Å². The number of carbonyl (C=O) groups excluding carboxylic acids is 2. The van der Waals surface area contributed by atoms with E-state index in [2.05, 4.69) is 34.4 Å². The molecule has 1 saturated heterocycles. The van der Waals surface area contributed by atoms with Crippen LogP contribution < -0.4 is 20.3 Å². The number of rotatable bonds is 10. The van der Waals surface area contributed by atoms with Crippen molar-refractivity contribution < 1.29 is 27.5 Å². The largest absolute Gasteiger partial charge is 0.492 e. The summed E-state index contributed by atoms with van der Waals surface area (Å²) in [5.74, 6) is -0.408. The maximum absolute atomic E-state index is 14.0. The third kappa shape index (κ3) is 5.99. The number of halogens is 3. The van der Waals surface area contributed by atoms with Crippen LogP contribution in [0.5, 0.6) is 5.75 Å². The minimum atomic E-state index is -4.81. The normalized spacial score (nSPS) is 15.4. The van der Waals surface area contributed by atoms with Gasteiger partial charge in [-0.2, -0.15) is 0 Å². The zero-order chi connectivity index (χ0) is 27.7. The van der Waals surface area contributed by atoms with Crippen molar-refractivity contribution in [2.45, 2.75) is 45.6 Å². The van der Waals surface area contributed by atoms with Gasteiger partial charge in [0.25, 0.3) is 5.91 Å². The standard InChI is InChI=1S/C25H29F3N6O3S/c1-15(2)29-9-12-37-17-5-6-19-16(13-17)14-20(38-19)18-7-8-30-22(31-18)33(25(26,27)28)10-11-34-23(36)32-21(35)24(34,3)4/h5-8,13-15,29H,9-12H2,1-4H3,(H,32,35,36). The van der Waals surface area contributed by atoms with Crippen LogP contribution in [-0.2, 0) is 4.79 Å². The molecule has 4 rings (SSSR count). The van der Waals surface area contributed by atoms with Crippen molar-refractivity contribution in [3.05, 3.63) is 36.5 Å². The monoisotopic (exact) mass is 550 g/mol. The number of alkyl halides is 3. The first-order valence-electron chi connectivity index (χ1n) is 12.1. The van der Waals surface area contributed by atoms with Crippen molar-refractivity contribution >= 4 is 39.3 Å². The second-order valence-corrected chi connectivity index (χ2v) is 10.7. The molecule has 2 N–H and O–H groups in total. The van der Waals surface area contributed by atoms with Crippen molar-refractivity contribution in [1.29, 1.82) is 0 Å². The fourth-order valence-electron chi connectivity index (χ4n) is 3.98. The molecular formula is C25H29F3N6O3S. The zero-order valence-corrected chi connectivity index (χ0v) is 22.2. The molecule has 0 radical (unpaired) electrons. The van der Waals surface area contributed by atoms with Crippen LogP contribution in [0.4, 0.5) is 23.9 Å². The van der Waals surface area contributed by atoms with E-state index in [0.29, 0.717) is 35.5 Å². The minimum Gasteiger partial charge on any atom is -0.492 e. The number of hydrogen-bond donors (Lipinski definition) is 2. The van der Waals surface area contributed by atoms with Gasteiger partial charge in [-0.1, -0.05) is 13.8 Å². The lowest BCUT2D eigenvalue weighted by Crippen LogP contribution is -2.50. The number of imide groups is 1. The van der Waals surface area contributed by atoms with Crippen LogP contribution in [0, 0.1) is 0 Å². The maximum Gasteiger partial charge on any atom is 0.487 e. The van der Waals surface area contributed by atoms with E-state index in [1.54, 1.807) is 6.07 Å². The van der Waals surface area contributed by atoms with E-state index in [4.69, 9.17) is 4.74 Å². The van der Waals surface area contributed by atoms with Crippen LogP contribution in [0.25, 0.3) is 20.7 Å². The van der Waals surface area contributed by atoms with Crippen molar-refractivity contribution in [3.63, 3.8) is 0 Å². The lowest BCUT2D eigenvalue weighted by atomic mass is 10.0.